The van der Waals surface area contributed by atoms with E-state index < -0.39 is 5.82 Å². The van der Waals surface area contributed by atoms with Crippen LogP contribution in [0.2, 0.25) is 5.02 Å². The lowest BCUT2D eigenvalue weighted by atomic mass is 10.1. The fourth-order valence-electron chi connectivity index (χ4n) is 3.03. The van der Waals surface area contributed by atoms with Gasteiger partial charge in [-0.2, -0.15) is 0 Å². The first-order valence-electron chi connectivity index (χ1n) is 8.90. The lowest BCUT2D eigenvalue weighted by molar-refractivity contribution is -0.132. The normalized spacial score (nSPS) is 14.8. The van der Waals surface area contributed by atoms with Crippen LogP contribution in [0.4, 0.5) is 14.5 Å². The second-order valence-electron chi connectivity index (χ2n) is 6.63. The van der Waals surface area contributed by atoms with E-state index in [1.54, 1.807) is 17.0 Å². The molecule has 0 atom stereocenters. The molecular formula is C20H20ClF2N3O2. The maximum atomic E-state index is 13.7. The second kappa shape index (κ2) is 9.12. The zero-order valence-corrected chi connectivity index (χ0v) is 15.9. The largest absolute Gasteiger partial charge is 0.340 e. The van der Waals surface area contributed by atoms with Crippen LogP contribution in [0.5, 0.6) is 0 Å². The van der Waals surface area contributed by atoms with Gasteiger partial charge in [0.1, 0.15) is 11.6 Å². The Morgan fingerprint density at radius 3 is 2.36 bits per heavy atom. The van der Waals surface area contributed by atoms with Crippen LogP contribution >= 0.6 is 11.6 Å². The Morgan fingerprint density at radius 1 is 1.00 bits per heavy atom. The highest BCUT2D eigenvalue weighted by Crippen LogP contribution is 2.19. The molecule has 0 aromatic heterocycles. The minimum Gasteiger partial charge on any atom is -0.340 e. The fourth-order valence-corrected chi connectivity index (χ4v) is 3.20. The molecule has 5 nitrogen and oxygen atoms in total. The van der Waals surface area contributed by atoms with E-state index in [4.69, 9.17) is 11.6 Å². The molecule has 2 amide bonds. The van der Waals surface area contributed by atoms with Crippen molar-refractivity contribution in [2.75, 3.05) is 38.0 Å². The number of benzene rings is 2. The minimum absolute atomic E-state index is 0.0308. The third-order valence-electron chi connectivity index (χ3n) is 4.56. The van der Waals surface area contributed by atoms with Gasteiger partial charge in [0.15, 0.2) is 0 Å². The van der Waals surface area contributed by atoms with Gasteiger partial charge >= 0.3 is 0 Å². The molecule has 0 aliphatic carbocycles. The SMILES string of the molecule is O=C(CN1CCN(C(=O)Cc2ccc(F)cc2)CC1)Nc1cc(Cl)ccc1F. The van der Waals surface area contributed by atoms with E-state index in [1.165, 1.54) is 30.3 Å². The van der Waals surface area contributed by atoms with Gasteiger partial charge in [0.2, 0.25) is 11.8 Å². The summed E-state index contributed by atoms with van der Waals surface area (Å²) in [4.78, 5) is 28.2. The van der Waals surface area contributed by atoms with Gasteiger partial charge in [-0.25, -0.2) is 8.78 Å². The van der Waals surface area contributed by atoms with Crippen LogP contribution in [-0.2, 0) is 16.0 Å². The molecule has 2 aromatic carbocycles. The molecular weight excluding hydrogens is 388 g/mol. The molecule has 28 heavy (non-hydrogen) atoms. The van der Waals surface area contributed by atoms with Crippen molar-refractivity contribution < 1.29 is 18.4 Å². The van der Waals surface area contributed by atoms with Crippen LogP contribution in [0.1, 0.15) is 5.56 Å². The lowest BCUT2D eigenvalue weighted by Crippen LogP contribution is -2.50. The van der Waals surface area contributed by atoms with Crippen molar-refractivity contribution in [3.63, 3.8) is 0 Å². The topological polar surface area (TPSA) is 52.7 Å². The van der Waals surface area contributed by atoms with Gasteiger partial charge in [-0.1, -0.05) is 23.7 Å². The van der Waals surface area contributed by atoms with E-state index in [9.17, 15) is 18.4 Å². The Hall–Kier alpha value is -2.51. The first-order chi connectivity index (χ1) is 13.4. The number of carbonyl (C=O) groups is 2. The number of nitrogens with zero attached hydrogens (tertiary/aromatic N) is 2. The van der Waals surface area contributed by atoms with E-state index in [0.29, 0.717) is 31.2 Å². The Balaban J connectivity index is 1.45. The smallest absolute Gasteiger partial charge is 0.238 e. The van der Waals surface area contributed by atoms with Crippen molar-refractivity contribution in [3.8, 4) is 0 Å². The number of nitrogens with one attached hydrogen (secondary N) is 1. The van der Waals surface area contributed by atoms with E-state index in [2.05, 4.69) is 5.32 Å². The first kappa shape index (κ1) is 20.2. The molecule has 0 bridgehead atoms. The summed E-state index contributed by atoms with van der Waals surface area (Å²) in [5, 5.41) is 2.86. The molecule has 0 spiro atoms. The first-order valence-corrected chi connectivity index (χ1v) is 9.28. The Kier molecular flexibility index (Phi) is 6.59. The molecule has 1 saturated heterocycles. The number of piperazine rings is 1. The average molecular weight is 408 g/mol. The van der Waals surface area contributed by atoms with Crippen LogP contribution in [0.15, 0.2) is 42.5 Å². The lowest BCUT2D eigenvalue weighted by Gasteiger charge is -2.34. The number of halogens is 3. The summed E-state index contributed by atoms with van der Waals surface area (Å²) < 4.78 is 26.6. The Morgan fingerprint density at radius 2 is 1.68 bits per heavy atom. The zero-order valence-electron chi connectivity index (χ0n) is 15.1. The van der Waals surface area contributed by atoms with E-state index >= 15 is 0 Å². The fraction of sp³-hybridized carbons (Fsp3) is 0.300. The van der Waals surface area contributed by atoms with Crippen LogP contribution in [-0.4, -0.2) is 54.3 Å². The molecule has 3 rings (SSSR count). The standard InChI is InChI=1S/C20H20ClF2N3O2/c21-15-3-6-17(23)18(12-15)24-19(27)13-25-7-9-26(10-8-25)20(28)11-14-1-4-16(22)5-2-14/h1-6,12H,7-11,13H2,(H,24,27). The van der Waals surface area contributed by atoms with Gasteiger partial charge in [0.05, 0.1) is 18.7 Å². The molecule has 1 heterocycles. The molecule has 0 saturated carbocycles. The van der Waals surface area contributed by atoms with Crippen LogP contribution in [0.3, 0.4) is 0 Å². The molecule has 1 aliphatic heterocycles. The summed E-state index contributed by atoms with van der Waals surface area (Å²) in [6.07, 6.45) is 0.217. The second-order valence-corrected chi connectivity index (χ2v) is 7.07. The monoisotopic (exact) mass is 407 g/mol. The quantitative estimate of drug-likeness (QED) is 0.829. The highest BCUT2D eigenvalue weighted by atomic mass is 35.5. The minimum atomic E-state index is -0.547. The molecule has 1 N–H and O–H groups in total. The van der Waals surface area contributed by atoms with Crippen molar-refractivity contribution in [3.05, 3.63) is 64.7 Å². The third-order valence-corrected chi connectivity index (χ3v) is 4.80. The molecule has 2 aromatic rings. The molecule has 8 heteroatoms. The van der Waals surface area contributed by atoms with Crippen molar-refractivity contribution in [2.45, 2.75) is 6.42 Å². The number of hydrogen-bond donors (Lipinski definition) is 1. The zero-order chi connectivity index (χ0) is 20.1. The predicted octanol–water partition coefficient (Wildman–Crippen LogP) is 2.94. The average Bonchev–Trinajstić information content (AvgIpc) is 2.67. The molecule has 1 aliphatic rings. The third kappa shape index (κ3) is 5.50. The van der Waals surface area contributed by atoms with E-state index in [0.717, 1.165) is 5.56 Å². The van der Waals surface area contributed by atoms with Crippen molar-refractivity contribution in [1.29, 1.82) is 0 Å². The van der Waals surface area contributed by atoms with Gasteiger partial charge in [0, 0.05) is 31.2 Å². The number of amides is 2. The number of hydrogen-bond acceptors (Lipinski definition) is 3. The van der Waals surface area contributed by atoms with Crippen LogP contribution < -0.4 is 5.32 Å². The molecule has 1 fully saturated rings. The maximum absolute atomic E-state index is 13.7. The van der Waals surface area contributed by atoms with E-state index in [-0.39, 0.29) is 36.3 Å². The number of carbonyl (C=O) groups excluding carboxylic acids is 2. The van der Waals surface area contributed by atoms with Crippen molar-refractivity contribution in [2.24, 2.45) is 0 Å². The summed E-state index contributed by atoms with van der Waals surface area (Å²) in [5.74, 6) is -1.25. The number of anilines is 1. The molecule has 0 radical (unpaired) electrons. The van der Waals surface area contributed by atoms with E-state index in [1.807, 2.05) is 4.90 Å². The van der Waals surface area contributed by atoms with Crippen LogP contribution in [0.25, 0.3) is 0 Å². The number of rotatable bonds is 5. The molecule has 148 valence electrons. The highest BCUT2D eigenvalue weighted by Gasteiger charge is 2.22. The van der Waals surface area contributed by atoms with Gasteiger partial charge in [-0.05, 0) is 35.9 Å². The summed E-state index contributed by atoms with van der Waals surface area (Å²) in [7, 11) is 0. The predicted molar refractivity (Wildman–Crippen MR) is 103 cm³/mol. The van der Waals surface area contributed by atoms with Gasteiger partial charge in [-0.15, -0.1) is 0 Å². The summed E-state index contributed by atoms with van der Waals surface area (Å²) in [5.41, 5.74) is 0.808. The van der Waals surface area contributed by atoms with Crippen molar-refractivity contribution in [1.82, 2.24) is 9.80 Å². The van der Waals surface area contributed by atoms with Crippen molar-refractivity contribution >= 4 is 29.1 Å². The Labute approximate surface area is 166 Å². The van der Waals surface area contributed by atoms with Crippen LogP contribution in [0, 0.1) is 11.6 Å². The highest BCUT2D eigenvalue weighted by molar-refractivity contribution is 6.30. The van der Waals surface area contributed by atoms with Gasteiger partial charge in [-0.3, -0.25) is 14.5 Å². The molecule has 0 unspecified atom stereocenters. The maximum Gasteiger partial charge on any atom is 0.238 e. The van der Waals surface area contributed by atoms with Gasteiger partial charge in [0.25, 0.3) is 0 Å². The van der Waals surface area contributed by atoms with Gasteiger partial charge < -0.3 is 10.2 Å². The summed E-state index contributed by atoms with van der Waals surface area (Å²) >= 11 is 5.82. The summed E-state index contributed by atoms with van der Waals surface area (Å²) in [6, 6.07) is 9.84. The summed E-state index contributed by atoms with van der Waals surface area (Å²) in [6.45, 7) is 2.19. The Bertz CT molecular complexity index is 853.